The van der Waals surface area contributed by atoms with Gasteiger partial charge in [-0.1, -0.05) is 0 Å². The highest BCUT2D eigenvalue weighted by Crippen LogP contribution is 2.23. The Morgan fingerprint density at radius 2 is 1.62 bits per heavy atom. The number of rotatable bonds is 1. The molecule has 5 nitrogen and oxygen atoms in total. The summed E-state index contributed by atoms with van der Waals surface area (Å²) in [4.78, 5) is 25.2. The zero-order chi connectivity index (χ0) is 16.4. The number of piperidine rings is 1. The standard InChI is InChI=1S/C13H21F3N2O3/c1-12(2,3)21-11(20)18-7-5-9(6-8-18)17(4)10(19)13(14,15)16/h9H,5-8H2,1-4H3. The van der Waals surface area contributed by atoms with Gasteiger partial charge in [0.2, 0.25) is 0 Å². The monoisotopic (exact) mass is 310 g/mol. The van der Waals surface area contributed by atoms with Crippen molar-refractivity contribution in [2.75, 3.05) is 20.1 Å². The lowest BCUT2D eigenvalue weighted by atomic mass is 10.0. The zero-order valence-corrected chi connectivity index (χ0v) is 12.7. The molecular formula is C13H21F3N2O3. The summed E-state index contributed by atoms with van der Waals surface area (Å²) in [7, 11) is 1.14. The van der Waals surface area contributed by atoms with E-state index in [-0.39, 0.29) is 13.1 Å². The summed E-state index contributed by atoms with van der Waals surface area (Å²) in [6.45, 7) is 5.78. The minimum absolute atomic E-state index is 0.273. The highest BCUT2D eigenvalue weighted by molar-refractivity contribution is 5.81. The van der Waals surface area contributed by atoms with Crippen molar-refractivity contribution < 1.29 is 27.5 Å². The van der Waals surface area contributed by atoms with Gasteiger partial charge in [-0.2, -0.15) is 13.2 Å². The quantitative estimate of drug-likeness (QED) is 0.747. The van der Waals surface area contributed by atoms with Gasteiger partial charge in [0.1, 0.15) is 5.60 Å². The lowest BCUT2D eigenvalue weighted by molar-refractivity contribution is -0.186. The van der Waals surface area contributed by atoms with Gasteiger partial charge in [-0.25, -0.2) is 4.79 Å². The van der Waals surface area contributed by atoms with Crippen molar-refractivity contribution in [3.05, 3.63) is 0 Å². The Bertz CT molecular complexity index is 396. The maximum atomic E-state index is 12.4. The smallest absolute Gasteiger partial charge is 0.444 e. The molecule has 1 fully saturated rings. The van der Waals surface area contributed by atoms with Crippen LogP contribution in [0.4, 0.5) is 18.0 Å². The van der Waals surface area contributed by atoms with Crippen LogP contribution in [-0.2, 0) is 9.53 Å². The minimum atomic E-state index is -4.86. The molecule has 0 atom stereocenters. The fourth-order valence-electron chi connectivity index (χ4n) is 2.13. The van der Waals surface area contributed by atoms with E-state index in [1.165, 1.54) is 4.90 Å². The van der Waals surface area contributed by atoms with Gasteiger partial charge < -0.3 is 14.5 Å². The number of hydrogen-bond donors (Lipinski definition) is 0. The number of carbonyl (C=O) groups excluding carboxylic acids is 2. The summed E-state index contributed by atoms with van der Waals surface area (Å²) in [6.07, 6.45) is -4.74. The van der Waals surface area contributed by atoms with Gasteiger partial charge in [-0.05, 0) is 33.6 Å². The van der Waals surface area contributed by atoms with Gasteiger partial charge in [0.25, 0.3) is 0 Å². The van der Waals surface area contributed by atoms with E-state index < -0.39 is 29.8 Å². The first-order valence-corrected chi connectivity index (χ1v) is 6.74. The molecule has 0 spiro atoms. The molecule has 0 unspecified atom stereocenters. The first-order chi connectivity index (χ1) is 9.42. The van der Waals surface area contributed by atoms with Crippen LogP contribution >= 0.6 is 0 Å². The first-order valence-electron chi connectivity index (χ1n) is 6.74. The first kappa shape index (κ1) is 17.6. The number of halogens is 3. The van der Waals surface area contributed by atoms with Crippen LogP contribution in [0.2, 0.25) is 0 Å². The normalized spacial score (nSPS) is 17.6. The van der Waals surface area contributed by atoms with Gasteiger partial charge in [0.15, 0.2) is 0 Å². The van der Waals surface area contributed by atoms with Crippen molar-refractivity contribution in [2.45, 2.75) is 51.4 Å². The average Bonchev–Trinajstić information content (AvgIpc) is 2.34. The van der Waals surface area contributed by atoms with Crippen molar-refractivity contribution in [1.29, 1.82) is 0 Å². The number of alkyl halides is 3. The maximum Gasteiger partial charge on any atom is 0.471 e. The predicted molar refractivity (Wildman–Crippen MR) is 69.7 cm³/mol. The van der Waals surface area contributed by atoms with E-state index >= 15 is 0 Å². The summed E-state index contributed by atoms with van der Waals surface area (Å²) < 4.78 is 42.3. The summed E-state index contributed by atoms with van der Waals surface area (Å²) in [6, 6.07) is -0.516. The van der Waals surface area contributed by atoms with Crippen LogP contribution < -0.4 is 0 Å². The Hall–Kier alpha value is -1.47. The highest BCUT2D eigenvalue weighted by Gasteiger charge is 2.43. The summed E-state index contributed by atoms with van der Waals surface area (Å²) in [5, 5.41) is 0. The van der Waals surface area contributed by atoms with Gasteiger partial charge in [-0.15, -0.1) is 0 Å². The van der Waals surface area contributed by atoms with Crippen LogP contribution in [0.5, 0.6) is 0 Å². The molecule has 1 saturated heterocycles. The van der Waals surface area contributed by atoms with Crippen molar-refractivity contribution in [1.82, 2.24) is 9.80 Å². The Labute approximate surface area is 122 Å². The van der Waals surface area contributed by atoms with E-state index in [2.05, 4.69) is 0 Å². The van der Waals surface area contributed by atoms with E-state index in [1.54, 1.807) is 20.8 Å². The molecule has 0 aromatic heterocycles. The van der Waals surface area contributed by atoms with Crippen molar-refractivity contribution >= 4 is 12.0 Å². The van der Waals surface area contributed by atoms with Gasteiger partial charge in [-0.3, -0.25) is 4.79 Å². The summed E-state index contributed by atoms with van der Waals surface area (Å²) in [5.41, 5.74) is -0.614. The summed E-state index contributed by atoms with van der Waals surface area (Å²) in [5.74, 6) is -1.85. The second kappa shape index (κ2) is 6.11. The average molecular weight is 310 g/mol. The molecule has 0 aromatic rings. The van der Waals surface area contributed by atoms with Gasteiger partial charge >= 0.3 is 18.2 Å². The molecule has 0 N–H and O–H groups in total. The molecule has 8 heteroatoms. The highest BCUT2D eigenvalue weighted by atomic mass is 19.4. The van der Waals surface area contributed by atoms with Crippen molar-refractivity contribution in [2.24, 2.45) is 0 Å². The molecule has 0 aliphatic carbocycles. The second-order valence-electron chi connectivity index (χ2n) is 6.11. The van der Waals surface area contributed by atoms with Crippen LogP contribution in [0.15, 0.2) is 0 Å². The van der Waals surface area contributed by atoms with Crippen LogP contribution in [0.25, 0.3) is 0 Å². The number of ether oxygens (including phenoxy) is 1. The number of nitrogens with zero attached hydrogens (tertiary/aromatic N) is 2. The molecule has 1 aliphatic heterocycles. The summed E-state index contributed by atoms with van der Waals surface area (Å²) >= 11 is 0. The number of carbonyl (C=O) groups is 2. The Balaban J connectivity index is 2.53. The van der Waals surface area contributed by atoms with Crippen LogP contribution in [0.3, 0.4) is 0 Å². The third-order valence-electron chi connectivity index (χ3n) is 3.23. The van der Waals surface area contributed by atoms with E-state index in [0.717, 1.165) is 7.05 Å². The zero-order valence-electron chi connectivity index (χ0n) is 12.7. The molecule has 0 radical (unpaired) electrons. The topological polar surface area (TPSA) is 49.9 Å². The van der Waals surface area contributed by atoms with Crippen molar-refractivity contribution in [3.8, 4) is 0 Å². The Morgan fingerprint density at radius 1 is 1.14 bits per heavy atom. The number of hydrogen-bond acceptors (Lipinski definition) is 3. The fraction of sp³-hybridized carbons (Fsp3) is 0.846. The minimum Gasteiger partial charge on any atom is -0.444 e. The second-order valence-corrected chi connectivity index (χ2v) is 6.11. The Morgan fingerprint density at radius 3 is 2.00 bits per heavy atom. The molecule has 122 valence electrons. The molecule has 1 heterocycles. The van der Waals surface area contributed by atoms with Crippen molar-refractivity contribution in [3.63, 3.8) is 0 Å². The predicted octanol–water partition coefficient (Wildman–Crippen LogP) is 2.41. The molecule has 0 aromatic carbocycles. The van der Waals surface area contributed by atoms with Crippen LogP contribution in [0.1, 0.15) is 33.6 Å². The molecule has 2 amide bonds. The molecule has 1 rings (SSSR count). The van der Waals surface area contributed by atoms with E-state index in [9.17, 15) is 22.8 Å². The van der Waals surface area contributed by atoms with Gasteiger partial charge in [0, 0.05) is 26.2 Å². The largest absolute Gasteiger partial charge is 0.471 e. The fourth-order valence-corrected chi connectivity index (χ4v) is 2.13. The molecule has 21 heavy (non-hydrogen) atoms. The van der Waals surface area contributed by atoms with Crippen LogP contribution in [-0.4, -0.2) is 59.8 Å². The SMILES string of the molecule is CN(C(=O)C(F)(F)F)C1CCN(C(=O)OC(C)(C)C)CC1. The molecule has 0 saturated carbocycles. The van der Waals surface area contributed by atoms with E-state index in [1.807, 2.05) is 0 Å². The van der Waals surface area contributed by atoms with E-state index in [0.29, 0.717) is 17.7 Å². The molecular weight excluding hydrogens is 289 g/mol. The Kier molecular flexibility index (Phi) is 5.11. The lowest BCUT2D eigenvalue weighted by Gasteiger charge is -2.37. The third-order valence-corrected chi connectivity index (χ3v) is 3.23. The lowest BCUT2D eigenvalue weighted by Crippen LogP contribution is -2.51. The maximum absolute atomic E-state index is 12.4. The van der Waals surface area contributed by atoms with Gasteiger partial charge in [0.05, 0.1) is 0 Å². The number of likely N-dealkylation sites (tertiary alicyclic amines) is 1. The van der Waals surface area contributed by atoms with E-state index in [4.69, 9.17) is 4.74 Å². The molecule has 1 aliphatic rings. The molecule has 0 bridgehead atoms. The van der Waals surface area contributed by atoms with Crippen LogP contribution in [0, 0.1) is 0 Å². The third kappa shape index (κ3) is 5.09. The number of amides is 2.